The van der Waals surface area contributed by atoms with Crippen LogP contribution in [-0.4, -0.2) is 51.8 Å². The van der Waals surface area contributed by atoms with Crippen molar-refractivity contribution < 1.29 is 9.53 Å². The number of benzene rings is 1. The van der Waals surface area contributed by atoms with Crippen molar-refractivity contribution in [2.45, 2.75) is 6.42 Å². The van der Waals surface area contributed by atoms with Gasteiger partial charge in [-0.3, -0.25) is 14.5 Å². The molecular formula is C24H23N5O2. The number of aromatic nitrogens is 4. The SMILES string of the molecule is Cn1cc(-c2ccc3cnc(CC(=O)c4ccnc(N5CCOCC5)c4)cc3c2)cn1. The number of hydrogen-bond donors (Lipinski definition) is 0. The van der Waals surface area contributed by atoms with Crippen molar-refractivity contribution in [2.75, 3.05) is 31.2 Å². The molecule has 7 heteroatoms. The minimum absolute atomic E-state index is 0.0344. The predicted molar refractivity (Wildman–Crippen MR) is 119 cm³/mol. The van der Waals surface area contributed by atoms with Gasteiger partial charge in [-0.25, -0.2) is 4.98 Å². The van der Waals surface area contributed by atoms with Crippen LogP contribution in [0.2, 0.25) is 0 Å². The lowest BCUT2D eigenvalue weighted by molar-refractivity contribution is 0.0992. The molecule has 0 amide bonds. The number of rotatable bonds is 5. The van der Waals surface area contributed by atoms with Gasteiger partial charge in [0.05, 0.1) is 25.8 Å². The molecule has 1 saturated heterocycles. The molecule has 31 heavy (non-hydrogen) atoms. The Balaban J connectivity index is 1.37. The fourth-order valence-corrected chi connectivity index (χ4v) is 3.86. The van der Waals surface area contributed by atoms with Gasteiger partial charge in [0.2, 0.25) is 0 Å². The lowest BCUT2D eigenvalue weighted by Crippen LogP contribution is -2.36. The summed E-state index contributed by atoms with van der Waals surface area (Å²) in [7, 11) is 1.90. The number of ether oxygens (including phenoxy) is 1. The van der Waals surface area contributed by atoms with Crippen molar-refractivity contribution >= 4 is 22.4 Å². The van der Waals surface area contributed by atoms with Crippen molar-refractivity contribution in [1.29, 1.82) is 0 Å². The van der Waals surface area contributed by atoms with Crippen LogP contribution in [-0.2, 0) is 18.2 Å². The van der Waals surface area contributed by atoms with E-state index in [0.717, 1.165) is 46.5 Å². The third kappa shape index (κ3) is 4.18. The van der Waals surface area contributed by atoms with E-state index < -0.39 is 0 Å². The zero-order chi connectivity index (χ0) is 21.2. The lowest BCUT2D eigenvalue weighted by Gasteiger charge is -2.27. The standard InChI is InChI=1S/C24H23N5O2/c1-28-16-21(15-27-28)17-2-3-19-14-26-22(11-20(19)10-17)13-23(30)18-4-5-25-24(12-18)29-6-8-31-9-7-29/h2-5,10-12,14-16H,6-9,13H2,1H3. The van der Waals surface area contributed by atoms with Crippen LogP contribution in [0.3, 0.4) is 0 Å². The number of carbonyl (C=O) groups excluding carboxylic acids is 1. The van der Waals surface area contributed by atoms with Crippen LogP contribution >= 0.6 is 0 Å². The molecule has 156 valence electrons. The first-order valence-corrected chi connectivity index (χ1v) is 10.4. The Morgan fingerprint density at radius 1 is 1.00 bits per heavy atom. The number of carbonyl (C=O) groups is 1. The zero-order valence-electron chi connectivity index (χ0n) is 17.4. The Hall–Kier alpha value is -3.58. The van der Waals surface area contributed by atoms with E-state index in [1.54, 1.807) is 16.9 Å². The predicted octanol–water partition coefficient (Wildman–Crippen LogP) is 3.29. The van der Waals surface area contributed by atoms with Crippen molar-refractivity contribution in [3.8, 4) is 11.1 Å². The molecule has 3 aromatic heterocycles. The first-order chi connectivity index (χ1) is 15.2. The normalized spacial score (nSPS) is 14.2. The van der Waals surface area contributed by atoms with Crippen molar-refractivity contribution in [1.82, 2.24) is 19.7 Å². The van der Waals surface area contributed by atoms with E-state index >= 15 is 0 Å². The van der Waals surface area contributed by atoms with Crippen molar-refractivity contribution in [2.24, 2.45) is 7.05 Å². The second kappa shape index (κ2) is 8.28. The Morgan fingerprint density at radius 3 is 2.68 bits per heavy atom. The molecule has 0 N–H and O–H groups in total. The third-order valence-electron chi connectivity index (χ3n) is 5.56. The highest BCUT2D eigenvalue weighted by Gasteiger charge is 2.15. The largest absolute Gasteiger partial charge is 0.378 e. The van der Waals surface area contributed by atoms with Crippen LogP contribution in [0.1, 0.15) is 16.1 Å². The summed E-state index contributed by atoms with van der Waals surface area (Å²) in [5.41, 5.74) is 3.56. The summed E-state index contributed by atoms with van der Waals surface area (Å²) in [6.07, 6.45) is 7.62. The molecule has 0 bridgehead atoms. The van der Waals surface area contributed by atoms with Gasteiger partial charge in [-0.2, -0.15) is 5.10 Å². The fourth-order valence-electron chi connectivity index (χ4n) is 3.86. The average molecular weight is 413 g/mol. The van der Waals surface area contributed by atoms with E-state index in [0.29, 0.717) is 18.8 Å². The highest BCUT2D eigenvalue weighted by molar-refractivity contribution is 5.98. The van der Waals surface area contributed by atoms with E-state index in [-0.39, 0.29) is 12.2 Å². The first-order valence-electron chi connectivity index (χ1n) is 10.4. The summed E-state index contributed by atoms with van der Waals surface area (Å²) >= 11 is 0. The first kappa shape index (κ1) is 19.4. The molecule has 1 aromatic carbocycles. The van der Waals surface area contributed by atoms with Gasteiger partial charge < -0.3 is 9.64 Å². The number of Topliss-reactive ketones (excluding diaryl/α,β-unsaturated/α-hetero) is 1. The van der Waals surface area contributed by atoms with Gasteiger partial charge in [-0.1, -0.05) is 12.1 Å². The highest BCUT2D eigenvalue weighted by Crippen LogP contribution is 2.24. The minimum Gasteiger partial charge on any atom is -0.378 e. The van der Waals surface area contributed by atoms with E-state index in [2.05, 4.69) is 32.1 Å². The van der Waals surface area contributed by atoms with Gasteiger partial charge in [0.1, 0.15) is 5.82 Å². The number of pyridine rings is 2. The van der Waals surface area contributed by atoms with Crippen LogP contribution in [0, 0.1) is 0 Å². The monoisotopic (exact) mass is 413 g/mol. The van der Waals surface area contributed by atoms with Crippen LogP contribution < -0.4 is 4.90 Å². The zero-order valence-corrected chi connectivity index (χ0v) is 17.4. The van der Waals surface area contributed by atoms with Crippen LogP contribution in [0.4, 0.5) is 5.82 Å². The van der Waals surface area contributed by atoms with Gasteiger partial charge >= 0.3 is 0 Å². The summed E-state index contributed by atoms with van der Waals surface area (Å²) in [4.78, 5) is 24.0. The van der Waals surface area contributed by atoms with Crippen molar-refractivity contribution in [3.63, 3.8) is 0 Å². The Labute approximate surface area is 180 Å². The minimum atomic E-state index is 0.0344. The lowest BCUT2D eigenvalue weighted by atomic mass is 10.0. The molecule has 1 aliphatic heterocycles. The number of hydrogen-bond acceptors (Lipinski definition) is 6. The molecule has 0 aliphatic carbocycles. The Kier molecular flexibility index (Phi) is 5.18. The molecule has 5 rings (SSSR count). The molecule has 0 radical (unpaired) electrons. The number of ketones is 1. The molecule has 7 nitrogen and oxygen atoms in total. The number of anilines is 1. The summed E-state index contributed by atoms with van der Waals surface area (Å²) < 4.78 is 7.19. The summed E-state index contributed by atoms with van der Waals surface area (Å²) in [6.45, 7) is 2.94. The van der Waals surface area contributed by atoms with Gasteiger partial charge in [0.15, 0.2) is 5.78 Å². The number of morpholine rings is 1. The maximum atomic E-state index is 13.0. The van der Waals surface area contributed by atoms with Crippen LogP contribution in [0.15, 0.2) is 61.2 Å². The second-order valence-electron chi connectivity index (χ2n) is 7.74. The van der Waals surface area contributed by atoms with E-state index in [4.69, 9.17) is 4.74 Å². The quantitative estimate of drug-likeness (QED) is 0.468. The molecule has 0 saturated carbocycles. The maximum absolute atomic E-state index is 13.0. The van der Waals surface area contributed by atoms with Gasteiger partial charge in [-0.15, -0.1) is 0 Å². The Morgan fingerprint density at radius 2 is 1.87 bits per heavy atom. The Bertz CT molecular complexity index is 1240. The molecule has 1 aliphatic rings. The number of fused-ring (bicyclic) bond motifs is 1. The topological polar surface area (TPSA) is 73.1 Å². The summed E-state index contributed by atoms with van der Waals surface area (Å²) in [6, 6.07) is 11.9. The van der Waals surface area contributed by atoms with E-state index in [1.165, 1.54) is 0 Å². The highest BCUT2D eigenvalue weighted by atomic mass is 16.5. The van der Waals surface area contributed by atoms with Gasteiger partial charge in [0, 0.05) is 60.9 Å². The van der Waals surface area contributed by atoms with Crippen LogP contribution in [0.5, 0.6) is 0 Å². The molecule has 0 unspecified atom stereocenters. The molecule has 0 atom stereocenters. The smallest absolute Gasteiger partial charge is 0.169 e. The number of aryl methyl sites for hydroxylation is 1. The van der Waals surface area contributed by atoms with E-state index in [1.807, 2.05) is 43.8 Å². The molecule has 4 aromatic rings. The average Bonchev–Trinajstić information content (AvgIpc) is 3.25. The van der Waals surface area contributed by atoms with E-state index in [9.17, 15) is 4.79 Å². The maximum Gasteiger partial charge on any atom is 0.169 e. The molecule has 4 heterocycles. The summed E-state index contributed by atoms with van der Waals surface area (Å²) in [5.74, 6) is 0.855. The van der Waals surface area contributed by atoms with Crippen molar-refractivity contribution in [3.05, 3.63) is 72.4 Å². The fraction of sp³-hybridized carbons (Fsp3) is 0.250. The van der Waals surface area contributed by atoms with Gasteiger partial charge in [0.25, 0.3) is 0 Å². The molecular weight excluding hydrogens is 390 g/mol. The summed E-state index contributed by atoms with van der Waals surface area (Å²) in [5, 5.41) is 6.35. The van der Waals surface area contributed by atoms with Crippen LogP contribution in [0.25, 0.3) is 21.9 Å². The third-order valence-corrected chi connectivity index (χ3v) is 5.56. The second-order valence-corrected chi connectivity index (χ2v) is 7.74. The van der Waals surface area contributed by atoms with Gasteiger partial charge in [-0.05, 0) is 35.2 Å². The molecule has 1 fully saturated rings. The number of nitrogens with zero attached hydrogens (tertiary/aromatic N) is 5. The molecule has 0 spiro atoms.